The van der Waals surface area contributed by atoms with E-state index in [2.05, 4.69) is 5.32 Å². The standard InChI is InChI=1S/C13H10N4O6/c14-10-3-1-7(5-12(10)17(22)23)15-11-4-2-8(16(20)21)6-9(11)13(18)19/h1-6,15H,14H2,(H,18,19). The van der Waals surface area contributed by atoms with Gasteiger partial charge in [-0.1, -0.05) is 0 Å². The Bertz CT molecular complexity index is 820. The second-order valence-corrected chi connectivity index (χ2v) is 4.45. The molecular weight excluding hydrogens is 308 g/mol. The average molecular weight is 318 g/mol. The molecule has 0 bridgehead atoms. The van der Waals surface area contributed by atoms with E-state index in [0.717, 1.165) is 18.2 Å². The summed E-state index contributed by atoms with van der Waals surface area (Å²) >= 11 is 0. The van der Waals surface area contributed by atoms with E-state index in [0.29, 0.717) is 0 Å². The van der Waals surface area contributed by atoms with Gasteiger partial charge in [-0.25, -0.2) is 4.79 Å². The smallest absolute Gasteiger partial charge is 0.338 e. The molecule has 0 heterocycles. The summed E-state index contributed by atoms with van der Waals surface area (Å²) in [5.41, 5.74) is 4.67. The first-order valence-corrected chi connectivity index (χ1v) is 6.12. The summed E-state index contributed by atoms with van der Waals surface area (Å²) in [6.45, 7) is 0. The molecule has 4 N–H and O–H groups in total. The van der Waals surface area contributed by atoms with Gasteiger partial charge in [-0.05, 0) is 18.2 Å². The molecule has 0 aliphatic carbocycles. The number of hydrogen-bond acceptors (Lipinski definition) is 7. The summed E-state index contributed by atoms with van der Waals surface area (Å²) in [6, 6.07) is 7.10. The molecular formula is C13H10N4O6. The number of nitrogens with two attached hydrogens (primary N) is 1. The molecule has 0 amide bonds. The molecule has 10 nitrogen and oxygen atoms in total. The third kappa shape index (κ3) is 3.32. The minimum absolute atomic E-state index is 0.0392. The zero-order chi connectivity index (χ0) is 17.1. The largest absolute Gasteiger partial charge is 0.478 e. The van der Waals surface area contributed by atoms with Crippen LogP contribution in [0, 0.1) is 20.2 Å². The van der Waals surface area contributed by atoms with Crippen molar-refractivity contribution in [3.63, 3.8) is 0 Å². The number of carbonyl (C=O) groups is 1. The van der Waals surface area contributed by atoms with E-state index in [1.807, 2.05) is 0 Å². The lowest BCUT2D eigenvalue weighted by atomic mass is 10.1. The SMILES string of the molecule is Nc1ccc(Nc2ccc([N+](=O)[O-])cc2C(=O)O)cc1[N+](=O)[O-]. The highest BCUT2D eigenvalue weighted by Gasteiger charge is 2.17. The summed E-state index contributed by atoms with van der Waals surface area (Å²) in [4.78, 5) is 31.4. The number of nitrogens with one attached hydrogen (secondary N) is 1. The lowest BCUT2D eigenvalue weighted by molar-refractivity contribution is -0.384. The lowest BCUT2D eigenvalue weighted by Gasteiger charge is -2.10. The Hall–Kier alpha value is -3.69. The first-order chi connectivity index (χ1) is 10.8. The Morgan fingerprint density at radius 2 is 1.78 bits per heavy atom. The Morgan fingerprint density at radius 1 is 1.09 bits per heavy atom. The predicted molar refractivity (Wildman–Crippen MR) is 80.8 cm³/mol. The molecule has 0 aromatic heterocycles. The van der Waals surface area contributed by atoms with E-state index in [9.17, 15) is 25.0 Å². The molecule has 23 heavy (non-hydrogen) atoms. The number of nitro benzene ring substituents is 2. The van der Waals surface area contributed by atoms with Crippen LogP contribution in [0.2, 0.25) is 0 Å². The molecule has 0 fully saturated rings. The maximum absolute atomic E-state index is 11.2. The van der Waals surface area contributed by atoms with Crippen LogP contribution in [0.1, 0.15) is 10.4 Å². The van der Waals surface area contributed by atoms with Crippen molar-refractivity contribution in [2.75, 3.05) is 11.1 Å². The minimum atomic E-state index is -1.37. The van der Waals surface area contributed by atoms with Gasteiger partial charge in [0.1, 0.15) is 5.69 Å². The Labute approximate surface area is 128 Å². The number of carboxylic acids is 1. The van der Waals surface area contributed by atoms with Gasteiger partial charge in [0.05, 0.1) is 21.1 Å². The monoisotopic (exact) mass is 318 g/mol. The van der Waals surface area contributed by atoms with Gasteiger partial charge in [0, 0.05) is 23.9 Å². The first-order valence-electron chi connectivity index (χ1n) is 6.12. The van der Waals surface area contributed by atoms with Crippen LogP contribution in [0.25, 0.3) is 0 Å². The van der Waals surface area contributed by atoms with E-state index >= 15 is 0 Å². The molecule has 0 radical (unpaired) electrons. The topological polar surface area (TPSA) is 162 Å². The van der Waals surface area contributed by atoms with Crippen molar-refractivity contribution in [1.29, 1.82) is 0 Å². The highest BCUT2D eigenvalue weighted by Crippen LogP contribution is 2.29. The zero-order valence-electron chi connectivity index (χ0n) is 11.4. The van der Waals surface area contributed by atoms with Gasteiger partial charge in [-0.15, -0.1) is 0 Å². The fourth-order valence-electron chi connectivity index (χ4n) is 1.87. The molecule has 0 atom stereocenters. The summed E-state index contributed by atoms with van der Waals surface area (Å²) in [7, 11) is 0. The van der Waals surface area contributed by atoms with Crippen molar-refractivity contribution in [2.24, 2.45) is 0 Å². The summed E-state index contributed by atoms with van der Waals surface area (Å²) in [5.74, 6) is -1.37. The number of non-ortho nitro benzene ring substituents is 1. The number of aromatic carboxylic acids is 1. The second kappa shape index (κ2) is 5.97. The third-order valence-corrected chi connectivity index (χ3v) is 2.95. The molecule has 0 saturated carbocycles. The fraction of sp³-hybridized carbons (Fsp3) is 0. The Balaban J connectivity index is 2.44. The van der Waals surface area contributed by atoms with Crippen molar-refractivity contribution in [1.82, 2.24) is 0 Å². The molecule has 0 aliphatic rings. The fourth-order valence-corrected chi connectivity index (χ4v) is 1.87. The summed E-state index contributed by atoms with van der Waals surface area (Å²) in [5, 5.41) is 33.4. The zero-order valence-corrected chi connectivity index (χ0v) is 11.4. The number of carboxylic acid groups (broad SMARTS) is 1. The van der Waals surface area contributed by atoms with Crippen molar-refractivity contribution in [2.45, 2.75) is 0 Å². The maximum Gasteiger partial charge on any atom is 0.338 e. The van der Waals surface area contributed by atoms with Crippen molar-refractivity contribution in [3.8, 4) is 0 Å². The van der Waals surface area contributed by atoms with Crippen LogP contribution in [0.4, 0.5) is 28.4 Å². The first kappa shape index (κ1) is 15.7. The molecule has 118 valence electrons. The molecule has 0 aliphatic heterocycles. The van der Waals surface area contributed by atoms with Crippen LogP contribution in [0.15, 0.2) is 36.4 Å². The van der Waals surface area contributed by atoms with Crippen LogP contribution in [0.5, 0.6) is 0 Å². The van der Waals surface area contributed by atoms with Gasteiger partial charge in [0.25, 0.3) is 11.4 Å². The molecule has 2 aromatic rings. The highest BCUT2D eigenvalue weighted by molar-refractivity contribution is 5.96. The molecule has 0 unspecified atom stereocenters. The minimum Gasteiger partial charge on any atom is -0.478 e. The average Bonchev–Trinajstić information content (AvgIpc) is 2.48. The van der Waals surface area contributed by atoms with E-state index in [1.54, 1.807) is 0 Å². The molecule has 2 aromatic carbocycles. The number of benzene rings is 2. The van der Waals surface area contributed by atoms with E-state index in [-0.39, 0.29) is 34.0 Å². The van der Waals surface area contributed by atoms with Crippen LogP contribution >= 0.6 is 0 Å². The van der Waals surface area contributed by atoms with Gasteiger partial charge in [0.2, 0.25) is 0 Å². The maximum atomic E-state index is 11.2. The molecule has 0 spiro atoms. The molecule has 10 heteroatoms. The van der Waals surface area contributed by atoms with Gasteiger partial charge in [0.15, 0.2) is 0 Å². The van der Waals surface area contributed by atoms with Crippen molar-refractivity contribution >= 4 is 34.4 Å². The highest BCUT2D eigenvalue weighted by atomic mass is 16.6. The van der Waals surface area contributed by atoms with E-state index in [4.69, 9.17) is 10.8 Å². The van der Waals surface area contributed by atoms with Gasteiger partial charge < -0.3 is 16.2 Å². The molecule has 2 rings (SSSR count). The summed E-state index contributed by atoms with van der Waals surface area (Å²) < 4.78 is 0. The third-order valence-electron chi connectivity index (χ3n) is 2.95. The van der Waals surface area contributed by atoms with Crippen molar-refractivity contribution < 1.29 is 19.7 Å². The van der Waals surface area contributed by atoms with Crippen molar-refractivity contribution in [3.05, 3.63) is 62.2 Å². The van der Waals surface area contributed by atoms with Crippen LogP contribution in [-0.4, -0.2) is 20.9 Å². The number of nitro groups is 2. The van der Waals surface area contributed by atoms with E-state index in [1.165, 1.54) is 18.2 Å². The lowest BCUT2D eigenvalue weighted by Crippen LogP contribution is -2.04. The number of nitrogens with zero attached hydrogens (tertiary/aromatic N) is 2. The Kier molecular flexibility index (Phi) is 4.07. The number of hydrogen-bond donors (Lipinski definition) is 3. The van der Waals surface area contributed by atoms with Crippen LogP contribution in [0.3, 0.4) is 0 Å². The number of nitrogen functional groups attached to an aromatic ring is 1. The predicted octanol–water partition coefficient (Wildman–Crippen LogP) is 2.53. The quantitative estimate of drug-likeness (QED) is 0.430. The normalized spacial score (nSPS) is 10.1. The number of rotatable bonds is 5. The molecule has 0 saturated heterocycles. The van der Waals surface area contributed by atoms with Crippen LogP contribution in [-0.2, 0) is 0 Å². The summed E-state index contributed by atoms with van der Waals surface area (Å²) in [6.07, 6.45) is 0. The van der Waals surface area contributed by atoms with Gasteiger partial charge in [-0.3, -0.25) is 20.2 Å². The van der Waals surface area contributed by atoms with Gasteiger partial charge in [-0.2, -0.15) is 0 Å². The van der Waals surface area contributed by atoms with Crippen LogP contribution < -0.4 is 11.1 Å². The van der Waals surface area contributed by atoms with Gasteiger partial charge >= 0.3 is 5.97 Å². The van der Waals surface area contributed by atoms with E-state index < -0.39 is 15.8 Å². The second-order valence-electron chi connectivity index (χ2n) is 4.45. The number of anilines is 3. The Morgan fingerprint density at radius 3 is 2.35 bits per heavy atom.